The van der Waals surface area contributed by atoms with Crippen LogP contribution in [-0.2, 0) is 0 Å². The first-order chi connectivity index (χ1) is 23.8. The molecule has 9 aromatic rings. The van der Waals surface area contributed by atoms with Crippen LogP contribution in [0.25, 0.3) is 77.2 Å². The number of hydrogen-bond donors (Lipinski definition) is 0. The highest BCUT2D eigenvalue weighted by Crippen LogP contribution is 2.42. The van der Waals surface area contributed by atoms with Crippen molar-refractivity contribution < 1.29 is 0 Å². The first-order valence-corrected chi connectivity index (χ1v) is 15.9. The average molecular weight is 611 g/mol. The van der Waals surface area contributed by atoms with Gasteiger partial charge in [0.1, 0.15) is 6.07 Å². The van der Waals surface area contributed by atoms with Crippen LogP contribution in [0.5, 0.6) is 0 Å². The third-order valence-electron chi connectivity index (χ3n) is 9.45. The molecular weight excluding hydrogens is 585 g/mol. The number of para-hydroxylation sites is 4. The van der Waals surface area contributed by atoms with Gasteiger partial charge in [0, 0.05) is 32.7 Å². The Morgan fingerprint density at radius 2 is 0.812 bits per heavy atom. The maximum atomic E-state index is 10.9. The number of hydrogen-bond acceptors (Lipinski definition) is 2. The molecule has 0 amide bonds. The summed E-state index contributed by atoms with van der Waals surface area (Å²) in [5.74, 6) is 0. The molecule has 48 heavy (non-hydrogen) atoms. The largest absolute Gasteiger partial charge is 0.309 e. The lowest BCUT2D eigenvalue weighted by molar-refractivity contribution is 1.17. The molecule has 0 fully saturated rings. The Balaban J connectivity index is 1.31. The highest BCUT2D eigenvalue weighted by molar-refractivity contribution is 6.12. The molecule has 4 nitrogen and oxygen atoms in total. The summed E-state index contributed by atoms with van der Waals surface area (Å²) in [5.41, 5.74) is 11.1. The smallest absolute Gasteiger partial charge is 0.102 e. The van der Waals surface area contributed by atoms with Crippen molar-refractivity contribution in [2.45, 2.75) is 0 Å². The zero-order valence-electron chi connectivity index (χ0n) is 25.8. The van der Waals surface area contributed by atoms with Gasteiger partial charge in [-0.05, 0) is 53.6 Å². The lowest BCUT2D eigenvalue weighted by Gasteiger charge is -2.18. The molecule has 4 heteroatoms. The summed E-state index contributed by atoms with van der Waals surface area (Å²) in [6.45, 7) is 0. The number of fused-ring (bicyclic) bond motifs is 6. The van der Waals surface area contributed by atoms with Crippen molar-refractivity contribution in [1.82, 2.24) is 9.13 Å². The fraction of sp³-hybridized carbons (Fsp3) is 0. The normalized spacial score (nSPS) is 11.3. The third kappa shape index (κ3) is 3.94. The minimum absolute atomic E-state index is 0.573. The predicted octanol–water partition coefficient (Wildman–Crippen LogP) is 11.0. The number of nitrogens with zero attached hydrogens (tertiary/aromatic N) is 4. The second kappa shape index (κ2) is 10.9. The zero-order chi connectivity index (χ0) is 32.2. The summed E-state index contributed by atoms with van der Waals surface area (Å²) in [6.07, 6.45) is 0. The highest BCUT2D eigenvalue weighted by Gasteiger charge is 2.22. The second-order valence-corrected chi connectivity index (χ2v) is 11.9. The summed E-state index contributed by atoms with van der Waals surface area (Å²) >= 11 is 0. The third-order valence-corrected chi connectivity index (χ3v) is 9.45. The van der Waals surface area contributed by atoms with Crippen LogP contribution in [0.2, 0.25) is 0 Å². The van der Waals surface area contributed by atoms with Gasteiger partial charge in [-0.15, -0.1) is 0 Å². The van der Waals surface area contributed by atoms with E-state index in [1.807, 2.05) is 60.7 Å². The minimum Gasteiger partial charge on any atom is -0.309 e. The van der Waals surface area contributed by atoms with E-state index in [0.29, 0.717) is 11.1 Å². The van der Waals surface area contributed by atoms with Crippen LogP contribution < -0.4 is 0 Å². The van der Waals surface area contributed by atoms with Gasteiger partial charge in [0.15, 0.2) is 0 Å². The molecule has 0 aliphatic rings. The van der Waals surface area contributed by atoms with Gasteiger partial charge in [0.25, 0.3) is 0 Å². The molecule has 222 valence electrons. The van der Waals surface area contributed by atoms with Gasteiger partial charge in [-0.2, -0.15) is 10.5 Å². The van der Waals surface area contributed by atoms with Crippen LogP contribution in [0, 0.1) is 22.7 Å². The van der Waals surface area contributed by atoms with Crippen molar-refractivity contribution in [2.75, 3.05) is 0 Å². The van der Waals surface area contributed by atoms with E-state index in [2.05, 4.69) is 118 Å². The highest BCUT2D eigenvalue weighted by atomic mass is 15.0. The van der Waals surface area contributed by atoms with Gasteiger partial charge in [-0.3, -0.25) is 0 Å². The molecule has 0 bridgehead atoms. The molecule has 7 aromatic carbocycles. The summed E-state index contributed by atoms with van der Waals surface area (Å²) < 4.78 is 4.48. The van der Waals surface area contributed by atoms with Gasteiger partial charge in [0.2, 0.25) is 0 Å². The van der Waals surface area contributed by atoms with Crippen LogP contribution >= 0.6 is 0 Å². The number of rotatable bonds is 4. The molecule has 0 spiro atoms. The molecule has 0 saturated carbocycles. The van der Waals surface area contributed by atoms with E-state index in [1.165, 1.54) is 10.8 Å². The maximum absolute atomic E-state index is 10.9. The topological polar surface area (TPSA) is 57.4 Å². The first kappa shape index (κ1) is 27.4. The zero-order valence-corrected chi connectivity index (χ0v) is 25.8. The Morgan fingerprint density at radius 1 is 0.354 bits per heavy atom. The molecule has 2 aromatic heterocycles. The fourth-order valence-electron chi connectivity index (χ4n) is 7.47. The summed E-state index contributed by atoms with van der Waals surface area (Å²) in [5, 5.41) is 25.2. The van der Waals surface area contributed by atoms with Crippen molar-refractivity contribution in [3.63, 3.8) is 0 Å². The van der Waals surface area contributed by atoms with Crippen molar-refractivity contribution in [2.24, 2.45) is 0 Å². The Bertz CT molecular complexity index is 2760. The van der Waals surface area contributed by atoms with E-state index in [0.717, 1.165) is 66.5 Å². The van der Waals surface area contributed by atoms with E-state index in [-0.39, 0.29) is 0 Å². The number of aromatic nitrogens is 2. The molecule has 0 atom stereocenters. The van der Waals surface area contributed by atoms with Gasteiger partial charge >= 0.3 is 0 Å². The van der Waals surface area contributed by atoms with Crippen molar-refractivity contribution in [3.05, 3.63) is 169 Å². The lowest BCUT2D eigenvalue weighted by atomic mass is 9.90. The van der Waals surface area contributed by atoms with E-state index in [9.17, 15) is 10.5 Å². The minimum atomic E-state index is 0.573. The predicted molar refractivity (Wildman–Crippen MR) is 195 cm³/mol. The summed E-state index contributed by atoms with van der Waals surface area (Å²) in [4.78, 5) is 0. The molecule has 0 aliphatic heterocycles. The lowest BCUT2D eigenvalue weighted by Crippen LogP contribution is -2.01. The van der Waals surface area contributed by atoms with Crippen LogP contribution in [0.3, 0.4) is 0 Å². The van der Waals surface area contributed by atoms with Gasteiger partial charge in [0.05, 0.1) is 50.6 Å². The van der Waals surface area contributed by atoms with E-state index in [1.54, 1.807) is 0 Å². The average Bonchev–Trinajstić information content (AvgIpc) is 3.67. The molecule has 9 rings (SSSR count). The van der Waals surface area contributed by atoms with E-state index >= 15 is 0 Å². The quantitative estimate of drug-likeness (QED) is 0.199. The molecule has 0 radical (unpaired) electrons. The van der Waals surface area contributed by atoms with Crippen molar-refractivity contribution in [3.8, 4) is 45.8 Å². The summed E-state index contributed by atoms with van der Waals surface area (Å²) in [7, 11) is 0. The molecule has 0 aliphatic carbocycles. The van der Waals surface area contributed by atoms with Gasteiger partial charge in [-0.25, -0.2) is 0 Å². The molecule has 0 saturated heterocycles. The molecule has 0 N–H and O–H groups in total. The SMILES string of the molecule is N#Cc1c(-c2ccccc2-c2ccccc2-n2c3ccccc3c3ccccc32)cccc1-n1c2ccccc2c2c(C#N)cccc21. The van der Waals surface area contributed by atoms with Crippen LogP contribution in [-0.4, -0.2) is 9.13 Å². The fourth-order valence-corrected chi connectivity index (χ4v) is 7.47. The first-order valence-electron chi connectivity index (χ1n) is 15.9. The standard InChI is InChI=1S/C44H26N4/c45-27-29-13-11-26-43-44(29)36-19-6-10-24-41(36)48(43)42-25-12-20-32(37(42)28-46)30-14-1-2-15-31(30)33-16-3-7-21-38(33)47-39-22-8-4-17-34(39)35-18-5-9-23-40(35)47/h1-26H. The number of benzene rings is 7. The van der Waals surface area contributed by atoms with Crippen molar-refractivity contribution in [1.29, 1.82) is 10.5 Å². The van der Waals surface area contributed by atoms with Crippen LogP contribution in [0.15, 0.2) is 158 Å². The summed E-state index contributed by atoms with van der Waals surface area (Å²) in [6, 6.07) is 58.9. The van der Waals surface area contributed by atoms with Crippen LogP contribution in [0.1, 0.15) is 11.1 Å². The Kier molecular flexibility index (Phi) is 6.22. The van der Waals surface area contributed by atoms with E-state index < -0.39 is 0 Å². The molecular formula is C44H26N4. The van der Waals surface area contributed by atoms with Crippen LogP contribution in [0.4, 0.5) is 0 Å². The number of nitriles is 2. The molecule has 2 heterocycles. The second-order valence-electron chi connectivity index (χ2n) is 11.9. The van der Waals surface area contributed by atoms with Gasteiger partial charge < -0.3 is 9.13 Å². The van der Waals surface area contributed by atoms with Gasteiger partial charge in [-0.1, -0.05) is 115 Å². The molecule has 0 unspecified atom stereocenters. The maximum Gasteiger partial charge on any atom is 0.102 e. The Morgan fingerprint density at radius 3 is 1.48 bits per heavy atom. The van der Waals surface area contributed by atoms with E-state index in [4.69, 9.17) is 0 Å². The monoisotopic (exact) mass is 610 g/mol. The van der Waals surface area contributed by atoms with Crippen molar-refractivity contribution >= 4 is 43.6 Å². The Labute approximate surface area is 277 Å². The Hall–Kier alpha value is -6.88.